The Labute approximate surface area is 48.1 Å². The van der Waals surface area contributed by atoms with Crippen molar-refractivity contribution in [3.05, 3.63) is 0 Å². The van der Waals surface area contributed by atoms with E-state index in [2.05, 4.69) is 11.5 Å². The van der Waals surface area contributed by atoms with Crippen LogP contribution in [0.3, 0.4) is 0 Å². The molecule has 6 heavy (non-hydrogen) atoms. The second-order valence-electron chi connectivity index (χ2n) is 1.34. The SMILES string of the molecule is O.[CH3][Ge]([CH3])[CH2]Cl. The summed E-state index contributed by atoms with van der Waals surface area (Å²) in [4.78, 5) is 0. The van der Waals surface area contributed by atoms with Crippen LogP contribution in [-0.4, -0.2) is 24.5 Å². The van der Waals surface area contributed by atoms with Gasteiger partial charge in [-0.1, -0.05) is 0 Å². The average molecular weight is 170 g/mol. The Morgan fingerprint density at radius 3 is 1.67 bits per heavy atom. The van der Waals surface area contributed by atoms with Crippen LogP contribution in [0.2, 0.25) is 11.5 Å². The minimum absolute atomic E-state index is 0. The van der Waals surface area contributed by atoms with E-state index in [1.165, 1.54) is 0 Å². The first-order valence-electron chi connectivity index (χ1n) is 1.62. The van der Waals surface area contributed by atoms with Crippen LogP contribution < -0.4 is 0 Å². The predicted octanol–water partition coefficient (Wildman–Crippen LogP) is 0.694. The minimum atomic E-state index is -0.591. The molecule has 0 unspecified atom stereocenters. The van der Waals surface area contributed by atoms with Crippen molar-refractivity contribution in [2.75, 3.05) is 4.71 Å². The van der Waals surface area contributed by atoms with Gasteiger partial charge in [-0.3, -0.25) is 0 Å². The Kier molecular flexibility index (Phi) is 9.58. The molecule has 0 fully saturated rings. The maximum atomic E-state index is 5.41. The van der Waals surface area contributed by atoms with Gasteiger partial charge in [-0.15, -0.1) is 0 Å². The van der Waals surface area contributed by atoms with Crippen molar-refractivity contribution in [3.63, 3.8) is 0 Å². The fourth-order valence-corrected chi connectivity index (χ4v) is 0. The molecule has 0 aliphatic carbocycles. The first-order chi connectivity index (χ1) is 2.27. The third-order valence-electron chi connectivity index (χ3n) is 0.267. The van der Waals surface area contributed by atoms with E-state index < -0.39 is 14.3 Å². The Morgan fingerprint density at radius 1 is 1.50 bits per heavy atom. The number of halogens is 1. The van der Waals surface area contributed by atoms with Gasteiger partial charge in [0.05, 0.1) is 0 Å². The van der Waals surface area contributed by atoms with E-state index in [0.717, 1.165) is 4.71 Å². The Hall–Kier alpha value is 0.793. The quantitative estimate of drug-likeness (QED) is 0.409. The van der Waals surface area contributed by atoms with Crippen LogP contribution in [0.25, 0.3) is 0 Å². The molecule has 0 heterocycles. The second-order valence-corrected chi connectivity index (χ2v) is 8.36. The van der Waals surface area contributed by atoms with Gasteiger partial charge < -0.3 is 5.48 Å². The number of hydrogen-bond donors (Lipinski definition) is 0. The maximum absolute atomic E-state index is 5.41. The zero-order valence-electron chi connectivity index (χ0n) is 4.09. The summed E-state index contributed by atoms with van der Waals surface area (Å²) in [6.07, 6.45) is 0. The number of alkyl halides is 1. The van der Waals surface area contributed by atoms with Gasteiger partial charge in [0.2, 0.25) is 0 Å². The van der Waals surface area contributed by atoms with Crippen molar-refractivity contribution in [1.29, 1.82) is 0 Å². The van der Waals surface area contributed by atoms with Crippen molar-refractivity contribution in [3.8, 4) is 0 Å². The molecule has 0 rings (SSSR count). The van der Waals surface area contributed by atoms with Crippen LogP contribution in [0, 0.1) is 0 Å². The van der Waals surface area contributed by atoms with Gasteiger partial charge in [0.1, 0.15) is 0 Å². The normalized spacial score (nSPS) is 8.00. The fraction of sp³-hybridized carbons (Fsp3) is 1.00. The standard InChI is InChI=1S/C3H8ClGe.H2O/c1-5(2)3-4;/h3H2,1-2H3;1H2. The third kappa shape index (κ3) is 8.84. The summed E-state index contributed by atoms with van der Waals surface area (Å²) >= 11 is 4.82. The zero-order valence-corrected chi connectivity index (χ0v) is 6.94. The van der Waals surface area contributed by atoms with Gasteiger partial charge in [0.15, 0.2) is 0 Å². The number of rotatable bonds is 1. The summed E-state index contributed by atoms with van der Waals surface area (Å²) in [5, 5.41) is 0. The molecule has 0 aliphatic heterocycles. The molecule has 1 nitrogen and oxygen atoms in total. The van der Waals surface area contributed by atoms with Gasteiger partial charge in [-0.2, -0.15) is 0 Å². The summed E-state index contributed by atoms with van der Waals surface area (Å²) < 4.78 is 0.944. The molecule has 39 valence electrons. The molecule has 0 aromatic carbocycles. The molecule has 0 saturated carbocycles. The van der Waals surface area contributed by atoms with E-state index in [0.29, 0.717) is 0 Å². The monoisotopic (exact) mass is 171 g/mol. The van der Waals surface area contributed by atoms with Gasteiger partial charge in [-0.05, 0) is 0 Å². The fourth-order valence-electron chi connectivity index (χ4n) is 0. The van der Waals surface area contributed by atoms with Crippen LogP contribution in [0.5, 0.6) is 0 Å². The van der Waals surface area contributed by atoms with E-state index in [4.69, 9.17) is 11.6 Å². The van der Waals surface area contributed by atoms with E-state index in [1.54, 1.807) is 0 Å². The Morgan fingerprint density at radius 2 is 1.67 bits per heavy atom. The third-order valence-corrected chi connectivity index (χ3v) is 4.17. The first-order valence-corrected chi connectivity index (χ1v) is 7.84. The molecule has 1 radical (unpaired) electrons. The Bertz CT molecular complexity index is 24.8. The molecule has 0 aromatic rings. The van der Waals surface area contributed by atoms with Crippen molar-refractivity contribution in [2.24, 2.45) is 0 Å². The van der Waals surface area contributed by atoms with Crippen LogP contribution in [0.4, 0.5) is 0 Å². The second kappa shape index (κ2) is 5.79. The summed E-state index contributed by atoms with van der Waals surface area (Å²) in [7, 11) is 0. The van der Waals surface area contributed by atoms with E-state index in [-0.39, 0.29) is 5.48 Å². The summed E-state index contributed by atoms with van der Waals surface area (Å²) in [6.45, 7) is 0. The molecule has 0 spiro atoms. The first kappa shape index (κ1) is 9.92. The summed E-state index contributed by atoms with van der Waals surface area (Å²) in [5.74, 6) is 4.51. The molecule has 0 atom stereocenters. The zero-order chi connectivity index (χ0) is 4.28. The molecule has 3 heteroatoms. The number of hydrogen-bond acceptors (Lipinski definition) is 0. The van der Waals surface area contributed by atoms with Crippen LogP contribution in [0.1, 0.15) is 0 Å². The molecule has 2 N–H and O–H groups in total. The Balaban J connectivity index is 0. The van der Waals surface area contributed by atoms with Crippen molar-refractivity contribution in [1.82, 2.24) is 0 Å². The van der Waals surface area contributed by atoms with Crippen molar-refractivity contribution < 1.29 is 5.48 Å². The van der Waals surface area contributed by atoms with Crippen molar-refractivity contribution >= 4 is 25.9 Å². The average Bonchev–Trinajstić information content (AvgIpc) is 1.38. The molecule has 0 amide bonds. The topological polar surface area (TPSA) is 31.5 Å². The molecular formula is C3H10ClGeO. The molecule has 0 aliphatic rings. The molecule has 0 saturated heterocycles. The van der Waals surface area contributed by atoms with Gasteiger partial charge in [0.25, 0.3) is 0 Å². The van der Waals surface area contributed by atoms with Gasteiger partial charge in [-0.25, -0.2) is 0 Å². The van der Waals surface area contributed by atoms with Crippen LogP contribution >= 0.6 is 11.6 Å². The van der Waals surface area contributed by atoms with Crippen molar-refractivity contribution in [2.45, 2.75) is 11.5 Å². The van der Waals surface area contributed by atoms with E-state index >= 15 is 0 Å². The van der Waals surface area contributed by atoms with Crippen LogP contribution in [0.15, 0.2) is 0 Å². The van der Waals surface area contributed by atoms with E-state index in [9.17, 15) is 0 Å². The van der Waals surface area contributed by atoms with Gasteiger partial charge >= 0.3 is 42.2 Å². The van der Waals surface area contributed by atoms with E-state index in [1.807, 2.05) is 0 Å². The molecule has 0 aromatic heterocycles. The summed E-state index contributed by atoms with van der Waals surface area (Å²) in [6, 6.07) is 0. The summed E-state index contributed by atoms with van der Waals surface area (Å²) in [5.41, 5.74) is 0. The van der Waals surface area contributed by atoms with Gasteiger partial charge in [0, 0.05) is 0 Å². The molecule has 0 bridgehead atoms. The predicted molar refractivity (Wildman–Crippen MR) is 31.8 cm³/mol. The molecular weight excluding hydrogens is 160 g/mol. The van der Waals surface area contributed by atoms with Crippen LogP contribution in [-0.2, 0) is 0 Å².